The Morgan fingerprint density at radius 2 is 1.22 bits per heavy atom. The van der Waals surface area contributed by atoms with Gasteiger partial charge >= 0.3 is 0 Å². The smallest absolute Gasteiger partial charge is 0.0126 e. The summed E-state index contributed by atoms with van der Waals surface area (Å²) in [6.07, 6.45) is 8.32. The van der Waals surface area contributed by atoms with Crippen molar-refractivity contribution in [3.8, 4) is 0 Å². The molecule has 23 heavy (non-hydrogen) atoms. The molecule has 0 aromatic heterocycles. The summed E-state index contributed by atoms with van der Waals surface area (Å²) in [4.78, 5) is 5.28. The molecule has 0 spiro atoms. The Balaban J connectivity index is 1.91. The van der Waals surface area contributed by atoms with Crippen LogP contribution >= 0.6 is 0 Å². The predicted octanol–water partition coefficient (Wildman–Crippen LogP) is 4.13. The van der Waals surface area contributed by atoms with Gasteiger partial charge < -0.3 is 10.2 Å². The number of unbranched alkanes of at least 4 members (excludes halogenated alkanes) is 5. The average molecular weight is 326 g/mol. The topological polar surface area (TPSA) is 18.5 Å². The lowest BCUT2D eigenvalue weighted by Crippen LogP contribution is -2.53. The van der Waals surface area contributed by atoms with Crippen molar-refractivity contribution in [2.75, 3.05) is 39.3 Å². The Morgan fingerprint density at radius 3 is 1.74 bits per heavy atom. The molecule has 1 aliphatic rings. The van der Waals surface area contributed by atoms with Gasteiger partial charge in [-0.2, -0.15) is 0 Å². The van der Waals surface area contributed by atoms with E-state index in [1.165, 1.54) is 77.8 Å². The first-order chi connectivity index (χ1) is 10.7. The van der Waals surface area contributed by atoms with Crippen molar-refractivity contribution in [3.63, 3.8) is 0 Å². The lowest BCUT2D eigenvalue weighted by atomic mass is 10.0. The maximum absolute atomic E-state index is 3.57. The third-order valence-corrected chi connectivity index (χ3v) is 4.88. The molecule has 0 aliphatic carbocycles. The van der Waals surface area contributed by atoms with E-state index < -0.39 is 0 Å². The van der Waals surface area contributed by atoms with Crippen LogP contribution in [0.5, 0.6) is 0 Å². The molecule has 1 heterocycles. The van der Waals surface area contributed by atoms with Crippen LogP contribution in [-0.2, 0) is 0 Å². The van der Waals surface area contributed by atoms with E-state index in [0.717, 1.165) is 0 Å². The van der Waals surface area contributed by atoms with Crippen molar-refractivity contribution >= 4 is 0 Å². The van der Waals surface area contributed by atoms with Crippen LogP contribution in [-0.4, -0.2) is 60.1 Å². The fourth-order valence-electron chi connectivity index (χ4n) is 3.27. The minimum absolute atomic E-state index is 0.275. The summed E-state index contributed by atoms with van der Waals surface area (Å²) in [7, 11) is 0. The maximum atomic E-state index is 3.57. The summed E-state index contributed by atoms with van der Waals surface area (Å²) < 4.78 is 0. The SMILES string of the molecule is CC(C)(C)NCCCCCCCCN1CCN(C(C)(C)C)CC1. The zero-order valence-electron chi connectivity index (χ0n) is 16.9. The molecule has 0 unspecified atom stereocenters. The zero-order valence-corrected chi connectivity index (χ0v) is 16.9. The highest BCUT2D eigenvalue weighted by Crippen LogP contribution is 2.16. The molecule has 1 saturated heterocycles. The summed E-state index contributed by atoms with van der Waals surface area (Å²) in [6.45, 7) is 21.2. The standard InChI is InChI=1S/C20H43N3/c1-19(2,3)21-13-11-9-7-8-10-12-14-22-15-17-23(18-16-22)20(4,5)6/h21H,7-18H2,1-6H3. The van der Waals surface area contributed by atoms with Crippen LogP contribution in [0.15, 0.2) is 0 Å². The molecule has 0 aromatic rings. The van der Waals surface area contributed by atoms with Crippen LogP contribution in [0.25, 0.3) is 0 Å². The molecule has 3 heteroatoms. The third-order valence-electron chi connectivity index (χ3n) is 4.88. The minimum atomic E-state index is 0.275. The van der Waals surface area contributed by atoms with Gasteiger partial charge in [0.1, 0.15) is 0 Å². The Hall–Kier alpha value is -0.120. The number of nitrogens with one attached hydrogen (secondary N) is 1. The first-order valence-electron chi connectivity index (χ1n) is 9.91. The highest BCUT2D eigenvalue weighted by Gasteiger charge is 2.25. The van der Waals surface area contributed by atoms with Gasteiger partial charge in [-0.25, -0.2) is 0 Å². The van der Waals surface area contributed by atoms with Crippen molar-refractivity contribution < 1.29 is 0 Å². The van der Waals surface area contributed by atoms with Crippen molar-refractivity contribution in [2.45, 2.75) is 91.1 Å². The fourth-order valence-corrected chi connectivity index (χ4v) is 3.27. The molecule has 0 radical (unpaired) electrons. The van der Waals surface area contributed by atoms with E-state index >= 15 is 0 Å². The number of hydrogen-bond donors (Lipinski definition) is 1. The third kappa shape index (κ3) is 10.4. The number of hydrogen-bond acceptors (Lipinski definition) is 3. The van der Waals surface area contributed by atoms with E-state index in [2.05, 4.69) is 56.7 Å². The maximum Gasteiger partial charge on any atom is 0.0126 e. The van der Waals surface area contributed by atoms with Gasteiger partial charge in [0.15, 0.2) is 0 Å². The quantitative estimate of drug-likeness (QED) is 0.643. The molecule has 1 N–H and O–H groups in total. The molecule has 1 rings (SSSR count). The Kier molecular flexibility index (Phi) is 9.10. The van der Waals surface area contributed by atoms with E-state index in [1.54, 1.807) is 0 Å². The van der Waals surface area contributed by atoms with Gasteiger partial charge in [0, 0.05) is 37.3 Å². The molecule has 0 bridgehead atoms. The van der Waals surface area contributed by atoms with E-state index in [4.69, 9.17) is 0 Å². The van der Waals surface area contributed by atoms with Crippen molar-refractivity contribution in [1.29, 1.82) is 0 Å². The zero-order chi connectivity index (χ0) is 17.3. The Labute approximate surface area is 146 Å². The van der Waals surface area contributed by atoms with Crippen molar-refractivity contribution in [3.05, 3.63) is 0 Å². The summed E-state index contributed by atoms with van der Waals surface area (Å²) in [6, 6.07) is 0. The van der Waals surface area contributed by atoms with Gasteiger partial charge in [-0.15, -0.1) is 0 Å². The second-order valence-corrected chi connectivity index (χ2v) is 9.30. The average Bonchev–Trinajstić information content (AvgIpc) is 2.44. The highest BCUT2D eigenvalue weighted by atomic mass is 15.3. The molecule has 1 fully saturated rings. The Morgan fingerprint density at radius 1 is 0.696 bits per heavy atom. The fraction of sp³-hybridized carbons (Fsp3) is 1.00. The van der Waals surface area contributed by atoms with E-state index in [1.807, 2.05) is 0 Å². The van der Waals surface area contributed by atoms with E-state index in [9.17, 15) is 0 Å². The minimum Gasteiger partial charge on any atom is -0.312 e. The van der Waals surface area contributed by atoms with Crippen LogP contribution in [0, 0.1) is 0 Å². The van der Waals surface area contributed by atoms with Crippen molar-refractivity contribution in [1.82, 2.24) is 15.1 Å². The summed E-state index contributed by atoms with van der Waals surface area (Å²) in [5.41, 5.74) is 0.616. The Bertz CT molecular complexity index is 293. The van der Waals surface area contributed by atoms with Crippen LogP contribution in [0.4, 0.5) is 0 Å². The first-order valence-corrected chi connectivity index (χ1v) is 9.91. The van der Waals surface area contributed by atoms with Gasteiger partial charge in [0.25, 0.3) is 0 Å². The normalized spacial score (nSPS) is 18.5. The molecule has 0 aromatic carbocycles. The second kappa shape index (κ2) is 10.0. The van der Waals surface area contributed by atoms with Gasteiger partial charge in [-0.1, -0.05) is 25.7 Å². The van der Waals surface area contributed by atoms with Crippen molar-refractivity contribution in [2.24, 2.45) is 0 Å². The lowest BCUT2D eigenvalue weighted by molar-refractivity contribution is 0.0616. The molecule has 0 saturated carbocycles. The number of piperazine rings is 1. The van der Waals surface area contributed by atoms with Crippen LogP contribution in [0.3, 0.4) is 0 Å². The van der Waals surface area contributed by atoms with Gasteiger partial charge in [-0.3, -0.25) is 4.90 Å². The number of rotatable bonds is 9. The van der Waals surface area contributed by atoms with Gasteiger partial charge in [-0.05, 0) is 67.5 Å². The van der Waals surface area contributed by atoms with Gasteiger partial charge in [0.05, 0.1) is 0 Å². The summed E-state index contributed by atoms with van der Waals surface area (Å²) in [5.74, 6) is 0. The molecular weight excluding hydrogens is 282 g/mol. The molecule has 1 aliphatic heterocycles. The molecule has 0 atom stereocenters. The molecule has 3 nitrogen and oxygen atoms in total. The largest absolute Gasteiger partial charge is 0.312 e. The second-order valence-electron chi connectivity index (χ2n) is 9.30. The summed E-state index contributed by atoms with van der Waals surface area (Å²) >= 11 is 0. The monoisotopic (exact) mass is 325 g/mol. The van der Waals surface area contributed by atoms with E-state index in [-0.39, 0.29) is 5.54 Å². The predicted molar refractivity (Wildman–Crippen MR) is 103 cm³/mol. The molecule has 138 valence electrons. The summed E-state index contributed by atoms with van der Waals surface area (Å²) in [5, 5.41) is 3.57. The highest BCUT2D eigenvalue weighted by molar-refractivity contribution is 4.81. The van der Waals surface area contributed by atoms with Crippen LogP contribution in [0.2, 0.25) is 0 Å². The van der Waals surface area contributed by atoms with Crippen LogP contribution < -0.4 is 5.32 Å². The van der Waals surface area contributed by atoms with Crippen LogP contribution in [0.1, 0.15) is 80.1 Å². The first kappa shape index (κ1) is 20.9. The molecular formula is C20H43N3. The van der Waals surface area contributed by atoms with E-state index in [0.29, 0.717) is 5.54 Å². The van der Waals surface area contributed by atoms with Gasteiger partial charge in [0.2, 0.25) is 0 Å². The molecule has 0 amide bonds. The lowest BCUT2D eigenvalue weighted by Gasteiger charge is -2.42. The number of nitrogens with zero attached hydrogens (tertiary/aromatic N) is 2.